The lowest BCUT2D eigenvalue weighted by Crippen LogP contribution is -2.25. The van der Waals surface area contributed by atoms with E-state index in [1.807, 2.05) is 13.8 Å². The molecule has 1 saturated carbocycles. The number of benzene rings is 1. The predicted molar refractivity (Wildman–Crippen MR) is 140 cm³/mol. The lowest BCUT2D eigenvalue weighted by Gasteiger charge is -2.27. The van der Waals surface area contributed by atoms with Gasteiger partial charge in [-0.2, -0.15) is 0 Å². The van der Waals surface area contributed by atoms with Crippen molar-refractivity contribution in [3.63, 3.8) is 0 Å². The average Bonchev–Trinajstić information content (AvgIpc) is 3.29. The normalized spacial score (nSPS) is 18.0. The number of rotatable bonds is 6. The number of carbonyl (C=O) groups is 1. The van der Waals surface area contributed by atoms with Crippen LogP contribution in [0.2, 0.25) is 0 Å². The molecule has 1 aliphatic rings. The third-order valence-corrected chi connectivity index (χ3v) is 8.89. The number of hydrogen-bond acceptors (Lipinski definition) is 7. The molecule has 1 unspecified atom stereocenters. The monoisotopic (exact) mass is 536 g/mol. The number of aryl methyl sites for hydroxylation is 2. The molecule has 1 fully saturated rings. The number of fused-ring (bicyclic) bond motifs is 1. The maximum atomic E-state index is 14.3. The van der Waals surface area contributed by atoms with Gasteiger partial charge in [-0.15, -0.1) is 0 Å². The van der Waals surface area contributed by atoms with E-state index in [4.69, 9.17) is 9.72 Å². The summed E-state index contributed by atoms with van der Waals surface area (Å²) in [6.07, 6.45) is 8.16. The first-order valence-corrected chi connectivity index (χ1v) is 14.0. The summed E-state index contributed by atoms with van der Waals surface area (Å²) in [5.41, 5.74) is 2.75. The summed E-state index contributed by atoms with van der Waals surface area (Å²) in [4.78, 5) is 25.6. The quantitative estimate of drug-likeness (QED) is 0.319. The predicted octanol–water partition coefficient (Wildman–Crippen LogP) is 5.01. The molecular formula is C28H29FN4O4S. The molecule has 3 heterocycles. The molecule has 0 saturated heterocycles. The van der Waals surface area contributed by atoms with Crippen LogP contribution in [0.1, 0.15) is 42.6 Å². The van der Waals surface area contributed by atoms with Crippen LogP contribution in [-0.4, -0.2) is 40.4 Å². The first-order valence-electron chi connectivity index (χ1n) is 12.6. The number of nitrogens with zero attached hydrogens (tertiary/aromatic N) is 4. The molecule has 198 valence electrons. The smallest absolute Gasteiger partial charge is 0.308 e. The third-order valence-electron chi connectivity index (χ3n) is 7.22. The van der Waals surface area contributed by atoms with E-state index in [2.05, 4.69) is 9.97 Å². The summed E-state index contributed by atoms with van der Waals surface area (Å²) in [6.45, 7) is 3.71. The summed E-state index contributed by atoms with van der Waals surface area (Å²) >= 11 is 0. The lowest BCUT2D eigenvalue weighted by molar-refractivity contribution is -0.147. The molecule has 5 rings (SSSR count). The highest BCUT2D eigenvalue weighted by Gasteiger charge is 2.29. The largest absolute Gasteiger partial charge is 0.469 e. The third kappa shape index (κ3) is 4.92. The van der Waals surface area contributed by atoms with Crippen molar-refractivity contribution < 1.29 is 22.3 Å². The lowest BCUT2D eigenvalue weighted by atomic mass is 9.80. The molecular weight excluding hydrogens is 507 g/mol. The molecule has 0 spiro atoms. The standard InChI is InChI=1S/C28H29FN4O4S/c1-17-7-9-22(10-8-17)38(35,36)33-16-24(23-13-21(29)15-31-27(23)33)26-18(2)14-30-25(32-26)12-19-5-4-6-20(11-19)28(34)37-3/h7-10,13-16,19-20H,4-6,11-12H2,1-3H3/t19?,20-/m1/s1. The number of hydrogen-bond donors (Lipinski definition) is 0. The maximum absolute atomic E-state index is 14.3. The van der Waals surface area contributed by atoms with Gasteiger partial charge in [-0.1, -0.05) is 24.1 Å². The zero-order valence-electron chi connectivity index (χ0n) is 21.5. The highest BCUT2D eigenvalue weighted by molar-refractivity contribution is 7.90. The number of halogens is 1. The Morgan fingerprint density at radius 1 is 1.13 bits per heavy atom. The molecule has 0 bridgehead atoms. The Kier molecular flexibility index (Phi) is 7.00. The van der Waals surface area contributed by atoms with Gasteiger partial charge in [0.25, 0.3) is 10.0 Å². The highest BCUT2D eigenvalue weighted by Crippen LogP contribution is 2.35. The van der Waals surface area contributed by atoms with E-state index >= 15 is 0 Å². The van der Waals surface area contributed by atoms with Crippen molar-refractivity contribution in [3.8, 4) is 11.3 Å². The van der Waals surface area contributed by atoms with Crippen LogP contribution in [0, 0.1) is 31.5 Å². The SMILES string of the molecule is COC(=O)[C@@H]1CCCC(Cc2ncc(C)c(-c3cn(S(=O)(=O)c4ccc(C)cc4)c4ncc(F)cc34)n2)C1. The van der Waals surface area contributed by atoms with Crippen LogP contribution in [0.3, 0.4) is 0 Å². The van der Waals surface area contributed by atoms with E-state index in [0.717, 1.165) is 40.6 Å². The van der Waals surface area contributed by atoms with Gasteiger partial charge in [0.15, 0.2) is 5.65 Å². The number of carbonyl (C=O) groups excluding carboxylic acids is 1. The van der Waals surface area contributed by atoms with E-state index in [9.17, 15) is 17.6 Å². The Hall–Kier alpha value is -3.66. The molecule has 0 aliphatic heterocycles. The van der Waals surface area contributed by atoms with Crippen LogP contribution in [0.15, 0.2) is 53.8 Å². The van der Waals surface area contributed by atoms with Gasteiger partial charge >= 0.3 is 5.97 Å². The second-order valence-corrected chi connectivity index (χ2v) is 11.8. The van der Waals surface area contributed by atoms with Crippen molar-refractivity contribution in [2.45, 2.75) is 50.8 Å². The number of esters is 1. The van der Waals surface area contributed by atoms with Crippen LogP contribution in [0.25, 0.3) is 22.3 Å². The molecule has 3 aromatic heterocycles. The summed E-state index contributed by atoms with van der Waals surface area (Å²) in [7, 11) is -2.59. The fourth-order valence-corrected chi connectivity index (χ4v) is 6.54. The Morgan fingerprint density at radius 2 is 1.89 bits per heavy atom. The maximum Gasteiger partial charge on any atom is 0.308 e. The van der Waals surface area contributed by atoms with Crippen molar-refractivity contribution in [2.75, 3.05) is 7.11 Å². The van der Waals surface area contributed by atoms with Gasteiger partial charge in [-0.3, -0.25) is 4.79 Å². The molecule has 0 N–H and O–H groups in total. The molecule has 0 radical (unpaired) electrons. The van der Waals surface area contributed by atoms with Gasteiger partial charge in [0, 0.05) is 29.8 Å². The second kappa shape index (κ2) is 10.2. The van der Waals surface area contributed by atoms with Crippen molar-refractivity contribution in [1.29, 1.82) is 0 Å². The van der Waals surface area contributed by atoms with Crippen molar-refractivity contribution in [1.82, 2.24) is 18.9 Å². The second-order valence-electron chi connectivity index (χ2n) is 9.96. The molecule has 0 amide bonds. The number of pyridine rings is 1. The minimum atomic E-state index is -4.00. The van der Waals surface area contributed by atoms with Crippen LogP contribution in [-0.2, 0) is 26.0 Å². The fourth-order valence-electron chi connectivity index (χ4n) is 5.21. The molecule has 4 aromatic rings. The Balaban J connectivity index is 1.56. The molecule has 2 atom stereocenters. The Morgan fingerprint density at radius 3 is 2.63 bits per heavy atom. The van der Waals surface area contributed by atoms with E-state index < -0.39 is 15.8 Å². The number of ether oxygens (including phenoxy) is 1. The molecule has 1 aliphatic carbocycles. The Labute approximate surface area is 221 Å². The Bertz CT molecular complexity index is 1620. The van der Waals surface area contributed by atoms with Gasteiger partial charge < -0.3 is 4.74 Å². The number of aromatic nitrogens is 4. The molecule has 38 heavy (non-hydrogen) atoms. The van der Waals surface area contributed by atoms with E-state index in [1.165, 1.54) is 19.4 Å². The van der Waals surface area contributed by atoms with Crippen molar-refractivity contribution >= 4 is 27.0 Å². The van der Waals surface area contributed by atoms with Crippen LogP contribution < -0.4 is 0 Å². The molecule has 8 nitrogen and oxygen atoms in total. The summed E-state index contributed by atoms with van der Waals surface area (Å²) in [6, 6.07) is 7.81. The highest BCUT2D eigenvalue weighted by atomic mass is 32.2. The van der Waals surface area contributed by atoms with Gasteiger partial charge in [0.1, 0.15) is 11.6 Å². The average molecular weight is 537 g/mol. The fraction of sp³-hybridized carbons (Fsp3) is 0.357. The summed E-state index contributed by atoms with van der Waals surface area (Å²) < 4.78 is 47.5. The summed E-state index contributed by atoms with van der Waals surface area (Å²) in [5, 5.41) is 0.344. The van der Waals surface area contributed by atoms with Crippen LogP contribution in [0.4, 0.5) is 4.39 Å². The minimum absolute atomic E-state index is 0.107. The van der Waals surface area contributed by atoms with Crippen molar-refractivity contribution in [3.05, 3.63) is 71.7 Å². The first kappa shape index (κ1) is 26.0. The zero-order chi connectivity index (χ0) is 27.0. The molecule has 10 heteroatoms. The minimum Gasteiger partial charge on any atom is -0.469 e. The van der Waals surface area contributed by atoms with Gasteiger partial charge in [-0.05, 0) is 62.8 Å². The topological polar surface area (TPSA) is 104 Å². The van der Waals surface area contributed by atoms with E-state index in [1.54, 1.807) is 30.5 Å². The molecule has 1 aromatic carbocycles. The number of methoxy groups -OCH3 is 1. The van der Waals surface area contributed by atoms with Gasteiger partial charge in [-0.25, -0.2) is 31.7 Å². The van der Waals surface area contributed by atoms with Gasteiger partial charge in [0.05, 0.1) is 29.8 Å². The summed E-state index contributed by atoms with van der Waals surface area (Å²) in [5.74, 6) is -0.0641. The van der Waals surface area contributed by atoms with E-state index in [0.29, 0.717) is 35.3 Å². The zero-order valence-corrected chi connectivity index (χ0v) is 22.3. The van der Waals surface area contributed by atoms with Crippen molar-refractivity contribution in [2.24, 2.45) is 11.8 Å². The van der Waals surface area contributed by atoms with Crippen LogP contribution in [0.5, 0.6) is 0 Å². The van der Waals surface area contributed by atoms with E-state index in [-0.39, 0.29) is 28.3 Å². The first-order chi connectivity index (χ1) is 18.2. The van der Waals surface area contributed by atoms with Crippen LogP contribution >= 0.6 is 0 Å². The van der Waals surface area contributed by atoms with Gasteiger partial charge in [0.2, 0.25) is 0 Å².